The molecule has 1 aliphatic carbocycles. The lowest BCUT2D eigenvalue weighted by Crippen LogP contribution is -2.53. The van der Waals surface area contributed by atoms with Crippen molar-refractivity contribution in [3.8, 4) is 0 Å². The zero-order valence-corrected chi connectivity index (χ0v) is 15.2. The summed E-state index contributed by atoms with van der Waals surface area (Å²) < 4.78 is 10.9. The largest absolute Gasteiger partial charge is 0.381 e. The van der Waals surface area contributed by atoms with E-state index in [-0.39, 0.29) is 6.03 Å². The second-order valence-electron chi connectivity index (χ2n) is 7.76. The van der Waals surface area contributed by atoms with Crippen LogP contribution in [0.4, 0.5) is 4.79 Å². The first-order valence-electron chi connectivity index (χ1n) is 9.59. The monoisotopic (exact) mass is 339 g/mol. The number of ether oxygens (including phenoxy) is 2. The predicted octanol–water partition coefficient (Wildman–Crippen LogP) is 1.55. The molecule has 24 heavy (non-hydrogen) atoms. The molecule has 2 aliphatic heterocycles. The number of carbonyl (C=O) groups is 1. The highest BCUT2D eigenvalue weighted by Gasteiger charge is 2.35. The number of rotatable bonds is 7. The third-order valence-corrected chi connectivity index (χ3v) is 5.47. The Kier molecular flexibility index (Phi) is 6.36. The molecule has 2 heterocycles. The van der Waals surface area contributed by atoms with Gasteiger partial charge in [-0.15, -0.1) is 0 Å². The Bertz CT molecular complexity index is 402. The van der Waals surface area contributed by atoms with Crippen LogP contribution in [0.15, 0.2) is 0 Å². The number of hydrogen-bond donors (Lipinski definition) is 1. The molecule has 6 heteroatoms. The van der Waals surface area contributed by atoms with Gasteiger partial charge < -0.3 is 19.7 Å². The Hall–Kier alpha value is -0.850. The normalized spacial score (nSPS) is 26.5. The molecule has 0 aromatic heterocycles. The third-order valence-electron chi connectivity index (χ3n) is 5.47. The highest BCUT2D eigenvalue weighted by atomic mass is 16.5. The van der Waals surface area contributed by atoms with Gasteiger partial charge in [-0.05, 0) is 25.2 Å². The summed E-state index contributed by atoms with van der Waals surface area (Å²) in [6, 6.07) is 0.948. The topological polar surface area (TPSA) is 54.0 Å². The Balaban J connectivity index is 1.51. The number of hydrogen-bond acceptors (Lipinski definition) is 4. The van der Waals surface area contributed by atoms with Gasteiger partial charge in [0.15, 0.2) is 0 Å². The molecule has 2 unspecified atom stereocenters. The molecule has 1 saturated carbocycles. The Labute approximate surface area is 145 Å². The molecular formula is C18H33N3O3. The number of amides is 2. The first kappa shape index (κ1) is 18.0. The number of nitrogens with zero attached hydrogens (tertiary/aromatic N) is 2. The average Bonchev–Trinajstić information content (AvgIpc) is 3.29. The SMILES string of the molecule is CC(C)C(CNC(=O)N(CC1CCOC1)C1CC1)N1CCOCC1. The van der Waals surface area contributed by atoms with Gasteiger partial charge in [-0.1, -0.05) is 13.8 Å². The fourth-order valence-corrected chi connectivity index (χ4v) is 3.78. The smallest absolute Gasteiger partial charge is 0.317 e. The van der Waals surface area contributed by atoms with Gasteiger partial charge in [0.25, 0.3) is 0 Å². The van der Waals surface area contributed by atoms with Crippen LogP contribution in [0.25, 0.3) is 0 Å². The number of urea groups is 1. The van der Waals surface area contributed by atoms with E-state index in [1.807, 2.05) is 0 Å². The molecule has 2 atom stereocenters. The van der Waals surface area contributed by atoms with E-state index in [9.17, 15) is 4.79 Å². The fourth-order valence-electron chi connectivity index (χ4n) is 3.78. The van der Waals surface area contributed by atoms with E-state index in [2.05, 4.69) is 29.0 Å². The summed E-state index contributed by atoms with van der Waals surface area (Å²) in [4.78, 5) is 17.3. The van der Waals surface area contributed by atoms with Crippen LogP contribution in [-0.4, -0.2) is 80.5 Å². The molecule has 138 valence electrons. The van der Waals surface area contributed by atoms with E-state index < -0.39 is 0 Å². The van der Waals surface area contributed by atoms with Crippen molar-refractivity contribution in [3.05, 3.63) is 0 Å². The minimum absolute atomic E-state index is 0.114. The minimum Gasteiger partial charge on any atom is -0.381 e. The van der Waals surface area contributed by atoms with E-state index in [1.165, 1.54) is 0 Å². The van der Waals surface area contributed by atoms with Gasteiger partial charge in [-0.2, -0.15) is 0 Å². The van der Waals surface area contributed by atoms with Gasteiger partial charge in [-0.25, -0.2) is 4.79 Å². The second-order valence-corrected chi connectivity index (χ2v) is 7.76. The van der Waals surface area contributed by atoms with E-state index in [0.717, 1.165) is 71.9 Å². The molecule has 0 spiro atoms. The van der Waals surface area contributed by atoms with Crippen LogP contribution in [-0.2, 0) is 9.47 Å². The van der Waals surface area contributed by atoms with Gasteiger partial charge in [0, 0.05) is 50.8 Å². The molecular weight excluding hydrogens is 306 g/mol. The maximum absolute atomic E-state index is 12.8. The molecule has 3 aliphatic rings. The average molecular weight is 339 g/mol. The molecule has 0 aromatic carbocycles. The molecule has 2 amide bonds. The molecule has 0 radical (unpaired) electrons. The highest BCUT2D eigenvalue weighted by molar-refractivity contribution is 5.75. The van der Waals surface area contributed by atoms with Crippen LogP contribution >= 0.6 is 0 Å². The van der Waals surface area contributed by atoms with E-state index in [4.69, 9.17) is 9.47 Å². The van der Waals surface area contributed by atoms with E-state index in [0.29, 0.717) is 23.9 Å². The number of morpholine rings is 1. The predicted molar refractivity (Wildman–Crippen MR) is 93.1 cm³/mol. The zero-order valence-electron chi connectivity index (χ0n) is 15.2. The number of nitrogens with one attached hydrogen (secondary N) is 1. The van der Waals surface area contributed by atoms with Crippen molar-refractivity contribution in [3.63, 3.8) is 0 Å². The molecule has 2 saturated heterocycles. The van der Waals surface area contributed by atoms with Crippen molar-refractivity contribution in [2.45, 2.75) is 45.2 Å². The van der Waals surface area contributed by atoms with Gasteiger partial charge in [-0.3, -0.25) is 4.90 Å². The number of carbonyl (C=O) groups excluding carboxylic acids is 1. The van der Waals surface area contributed by atoms with Gasteiger partial charge in [0.1, 0.15) is 0 Å². The Morgan fingerprint density at radius 2 is 1.92 bits per heavy atom. The molecule has 3 rings (SSSR count). The lowest BCUT2D eigenvalue weighted by molar-refractivity contribution is 0.00689. The summed E-state index contributed by atoms with van der Waals surface area (Å²) in [5.74, 6) is 1.03. The maximum Gasteiger partial charge on any atom is 0.317 e. The van der Waals surface area contributed by atoms with Crippen LogP contribution in [0.1, 0.15) is 33.1 Å². The summed E-state index contributed by atoms with van der Waals surface area (Å²) in [6.45, 7) is 11.2. The first-order chi connectivity index (χ1) is 11.6. The summed E-state index contributed by atoms with van der Waals surface area (Å²) in [7, 11) is 0. The van der Waals surface area contributed by atoms with Crippen molar-refractivity contribution >= 4 is 6.03 Å². The van der Waals surface area contributed by atoms with Gasteiger partial charge in [0.05, 0.1) is 19.8 Å². The van der Waals surface area contributed by atoms with Crippen LogP contribution in [0, 0.1) is 11.8 Å². The lowest BCUT2D eigenvalue weighted by Gasteiger charge is -2.37. The summed E-state index contributed by atoms with van der Waals surface area (Å²) in [5, 5.41) is 3.22. The third kappa shape index (κ3) is 4.83. The molecule has 0 aromatic rings. The van der Waals surface area contributed by atoms with Crippen molar-refractivity contribution < 1.29 is 14.3 Å². The quantitative estimate of drug-likeness (QED) is 0.765. The van der Waals surface area contributed by atoms with E-state index in [1.54, 1.807) is 0 Å². The minimum atomic E-state index is 0.114. The van der Waals surface area contributed by atoms with Crippen molar-refractivity contribution in [1.29, 1.82) is 0 Å². The Morgan fingerprint density at radius 3 is 2.50 bits per heavy atom. The van der Waals surface area contributed by atoms with Crippen molar-refractivity contribution in [2.75, 3.05) is 52.6 Å². The van der Waals surface area contributed by atoms with E-state index >= 15 is 0 Å². The van der Waals surface area contributed by atoms with Crippen molar-refractivity contribution in [2.24, 2.45) is 11.8 Å². The molecule has 0 bridgehead atoms. The molecule has 3 fully saturated rings. The Morgan fingerprint density at radius 1 is 1.17 bits per heavy atom. The zero-order chi connectivity index (χ0) is 16.9. The van der Waals surface area contributed by atoms with Crippen molar-refractivity contribution in [1.82, 2.24) is 15.1 Å². The fraction of sp³-hybridized carbons (Fsp3) is 0.944. The maximum atomic E-state index is 12.8. The molecule has 6 nitrogen and oxygen atoms in total. The summed E-state index contributed by atoms with van der Waals surface area (Å²) in [5.41, 5.74) is 0. The summed E-state index contributed by atoms with van der Waals surface area (Å²) in [6.07, 6.45) is 3.38. The standard InChI is InChI=1S/C18H33N3O3/c1-14(2)17(20-6-9-23-10-7-20)11-19-18(22)21(16-3-4-16)12-15-5-8-24-13-15/h14-17H,3-13H2,1-2H3,(H,19,22). The molecule has 1 N–H and O–H groups in total. The van der Waals surface area contributed by atoms with Gasteiger partial charge >= 0.3 is 6.03 Å². The lowest BCUT2D eigenvalue weighted by atomic mass is 10.0. The highest BCUT2D eigenvalue weighted by Crippen LogP contribution is 2.29. The summed E-state index contributed by atoms with van der Waals surface area (Å²) >= 11 is 0. The van der Waals surface area contributed by atoms with Crippen LogP contribution in [0.5, 0.6) is 0 Å². The second kappa shape index (κ2) is 8.50. The van der Waals surface area contributed by atoms with Crippen LogP contribution in [0.3, 0.4) is 0 Å². The first-order valence-corrected chi connectivity index (χ1v) is 9.59. The van der Waals surface area contributed by atoms with Crippen LogP contribution in [0.2, 0.25) is 0 Å². The van der Waals surface area contributed by atoms with Crippen LogP contribution < -0.4 is 5.32 Å². The van der Waals surface area contributed by atoms with Gasteiger partial charge in [0.2, 0.25) is 0 Å².